The molecule has 1 aliphatic heterocycles. The second-order valence-corrected chi connectivity index (χ2v) is 8.28. The number of benzene rings is 1. The Morgan fingerprint density at radius 3 is 2.81 bits per heavy atom. The molecule has 0 aliphatic carbocycles. The number of thiophene rings is 1. The van der Waals surface area contributed by atoms with Crippen LogP contribution in [0.25, 0.3) is 16.4 Å². The Kier molecular flexibility index (Phi) is 6.11. The van der Waals surface area contributed by atoms with Crippen LogP contribution in [0.2, 0.25) is 0 Å². The highest BCUT2D eigenvalue weighted by Gasteiger charge is 2.20. The van der Waals surface area contributed by atoms with Crippen LogP contribution in [0, 0.1) is 0 Å². The second kappa shape index (κ2) is 8.91. The Morgan fingerprint density at radius 1 is 1.22 bits per heavy atom. The van der Waals surface area contributed by atoms with Crippen molar-refractivity contribution in [2.75, 3.05) is 19.0 Å². The second-order valence-electron chi connectivity index (χ2n) is 6.35. The van der Waals surface area contributed by atoms with Gasteiger partial charge < -0.3 is 9.47 Å². The van der Waals surface area contributed by atoms with E-state index in [0.29, 0.717) is 12.7 Å². The molecule has 3 aromatic rings. The van der Waals surface area contributed by atoms with Crippen LogP contribution in [-0.4, -0.2) is 39.8 Å². The van der Waals surface area contributed by atoms with Gasteiger partial charge in [-0.15, -0.1) is 21.5 Å². The summed E-state index contributed by atoms with van der Waals surface area (Å²) < 4.78 is 13.6. The number of hydrogen-bond donors (Lipinski definition) is 0. The summed E-state index contributed by atoms with van der Waals surface area (Å²) in [6, 6.07) is 12.2. The molecule has 1 unspecified atom stereocenters. The zero-order valence-electron chi connectivity index (χ0n) is 15.3. The van der Waals surface area contributed by atoms with Crippen LogP contribution < -0.4 is 4.74 Å². The fourth-order valence-corrected chi connectivity index (χ4v) is 4.84. The molecule has 1 fully saturated rings. The maximum atomic E-state index is 5.87. The van der Waals surface area contributed by atoms with Gasteiger partial charge in [0.2, 0.25) is 0 Å². The van der Waals surface area contributed by atoms with Crippen molar-refractivity contribution in [3.05, 3.63) is 41.8 Å². The fraction of sp³-hybridized carbons (Fsp3) is 0.400. The van der Waals surface area contributed by atoms with Crippen molar-refractivity contribution in [1.29, 1.82) is 0 Å². The van der Waals surface area contributed by atoms with Crippen LogP contribution in [0.15, 0.2) is 46.9 Å². The third-order valence-electron chi connectivity index (χ3n) is 4.45. The van der Waals surface area contributed by atoms with Crippen LogP contribution in [0.3, 0.4) is 0 Å². The number of rotatable bonds is 7. The minimum atomic E-state index is 0.305. The first kappa shape index (κ1) is 18.5. The van der Waals surface area contributed by atoms with Gasteiger partial charge in [0, 0.05) is 12.4 Å². The number of hydrogen-bond acceptors (Lipinski definition) is 6. The lowest BCUT2D eigenvalue weighted by Crippen LogP contribution is -2.21. The molecule has 5 nitrogen and oxygen atoms in total. The van der Waals surface area contributed by atoms with Gasteiger partial charge in [-0.05, 0) is 61.9 Å². The van der Waals surface area contributed by atoms with Gasteiger partial charge in [0.05, 0.1) is 23.3 Å². The highest BCUT2D eigenvalue weighted by Crippen LogP contribution is 2.32. The molecule has 3 heterocycles. The Morgan fingerprint density at radius 2 is 2.11 bits per heavy atom. The lowest BCUT2D eigenvalue weighted by molar-refractivity contribution is 0.0315. The summed E-state index contributed by atoms with van der Waals surface area (Å²) in [5.41, 5.74) is 1.04. The molecule has 0 N–H and O–H groups in total. The molecule has 0 spiro atoms. The number of nitrogens with zero attached hydrogens (tertiary/aromatic N) is 3. The summed E-state index contributed by atoms with van der Waals surface area (Å²) in [7, 11) is 0. The zero-order valence-corrected chi connectivity index (χ0v) is 17.0. The van der Waals surface area contributed by atoms with Gasteiger partial charge >= 0.3 is 0 Å². The molecule has 4 rings (SSSR count). The summed E-state index contributed by atoms with van der Waals surface area (Å²) in [6.45, 7) is 3.52. The average molecular weight is 402 g/mol. The first-order chi connectivity index (χ1) is 13.3. The Bertz CT molecular complexity index is 841. The minimum Gasteiger partial charge on any atom is -0.494 e. The highest BCUT2D eigenvalue weighted by atomic mass is 32.2. The van der Waals surface area contributed by atoms with Crippen molar-refractivity contribution >= 4 is 23.1 Å². The molecular formula is C20H23N3O2S2. The van der Waals surface area contributed by atoms with E-state index in [2.05, 4.69) is 38.3 Å². The van der Waals surface area contributed by atoms with Crippen LogP contribution in [0.4, 0.5) is 0 Å². The van der Waals surface area contributed by atoms with E-state index in [1.165, 1.54) is 12.8 Å². The van der Waals surface area contributed by atoms with E-state index >= 15 is 0 Å². The molecule has 7 heteroatoms. The molecule has 1 aliphatic rings. The molecular weight excluding hydrogens is 378 g/mol. The third kappa shape index (κ3) is 4.36. The van der Waals surface area contributed by atoms with E-state index in [0.717, 1.165) is 46.1 Å². The molecule has 0 bridgehead atoms. The molecule has 0 amide bonds. The first-order valence-electron chi connectivity index (χ1n) is 9.32. The molecule has 1 saturated heterocycles. The molecule has 27 heavy (non-hydrogen) atoms. The predicted molar refractivity (Wildman–Crippen MR) is 110 cm³/mol. The number of thioether (sulfide) groups is 1. The molecule has 0 radical (unpaired) electrons. The van der Waals surface area contributed by atoms with Gasteiger partial charge in [0.1, 0.15) is 5.75 Å². The Labute approximate surface area is 167 Å². The van der Waals surface area contributed by atoms with Crippen LogP contribution >= 0.6 is 23.1 Å². The minimum absolute atomic E-state index is 0.305. The molecule has 0 saturated carbocycles. The van der Waals surface area contributed by atoms with Crippen molar-refractivity contribution in [3.63, 3.8) is 0 Å². The van der Waals surface area contributed by atoms with Gasteiger partial charge in [-0.3, -0.25) is 4.57 Å². The third-order valence-corrected chi connectivity index (χ3v) is 6.38. The largest absolute Gasteiger partial charge is 0.494 e. The van der Waals surface area contributed by atoms with Crippen LogP contribution in [0.1, 0.15) is 26.2 Å². The van der Waals surface area contributed by atoms with Gasteiger partial charge in [-0.1, -0.05) is 17.8 Å². The van der Waals surface area contributed by atoms with Crippen LogP contribution in [0.5, 0.6) is 5.75 Å². The van der Waals surface area contributed by atoms with Gasteiger partial charge in [-0.2, -0.15) is 0 Å². The van der Waals surface area contributed by atoms with Crippen molar-refractivity contribution in [2.24, 2.45) is 0 Å². The first-order valence-corrected chi connectivity index (χ1v) is 11.2. The quantitative estimate of drug-likeness (QED) is 0.518. The number of aromatic nitrogens is 3. The highest BCUT2D eigenvalue weighted by molar-refractivity contribution is 7.99. The molecule has 1 aromatic carbocycles. The maximum absolute atomic E-state index is 5.87. The number of ether oxygens (including phenoxy) is 2. The summed E-state index contributed by atoms with van der Waals surface area (Å²) in [4.78, 5) is 1.11. The summed E-state index contributed by atoms with van der Waals surface area (Å²) in [5.74, 6) is 2.65. The van der Waals surface area contributed by atoms with Crippen molar-refractivity contribution in [3.8, 4) is 22.1 Å². The molecule has 2 aromatic heterocycles. The van der Waals surface area contributed by atoms with Gasteiger partial charge in [0.25, 0.3) is 0 Å². The van der Waals surface area contributed by atoms with E-state index < -0.39 is 0 Å². The predicted octanol–water partition coefficient (Wildman–Crippen LogP) is 5.06. The Balaban J connectivity index is 1.62. The van der Waals surface area contributed by atoms with Crippen molar-refractivity contribution in [2.45, 2.75) is 37.4 Å². The van der Waals surface area contributed by atoms with Crippen molar-refractivity contribution < 1.29 is 9.47 Å². The van der Waals surface area contributed by atoms with Gasteiger partial charge in [0.15, 0.2) is 11.0 Å². The van der Waals surface area contributed by atoms with E-state index in [4.69, 9.17) is 9.47 Å². The lowest BCUT2D eigenvalue weighted by Gasteiger charge is -2.22. The average Bonchev–Trinajstić information content (AvgIpc) is 3.38. The SMILES string of the molecule is CCOc1ccc(-n2c(SCC3CCCCO3)nnc2-c2cccs2)cc1. The fourth-order valence-electron chi connectivity index (χ4n) is 3.13. The lowest BCUT2D eigenvalue weighted by atomic mass is 10.1. The maximum Gasteiger partial charge on any atom is 0.196 e. The normalized spacial score (nSPS) is 17.1. The summed E-state index contributed by atoms with van der Waals surface area (Å²) in [6.07, 6.45) is 3.85. The van der Waals surface area contributed by atoms with Crippen molar-refractivity contribution in [1.82, 2.24) is 14.8 Å². The Hall–Kier alpha value is -1.83. The van der Waals surface area contributed by atoms with E-state index in [1.807, 2.05) is 25.1 Å². The summed E-state index contributed by atoms with van der Waals surface area (Å²) in [5, 5.41) is 11.9. The smallest absolute Gasteiger partial charge is 0.196 e. The van der Waals surface area contributed by atoms with Crippen LogP contribution in [-0.2, 0) is 4.74 Å². The molecule has 142 valence electrons. The monoisotopic (exact) mass is 401 g/mol. The topological polar surface area (TPSA) is 49.2 Å². The standard InChI is InChI=1S/C20H23N3O2S2/c1-2-24-16-10-8-15(9-11-16)23-19(18-7-5-13-26-18)21-22-20(23)27-14-17-6-3-4-12-25-17/h5,7-11,13,17H,2-4,6,12,14H2,1H3. The van der Waals surface area contributed by atoms with E-state index in [-0.39, 0.29) is 0 Å². The zero-order chi connectivity index (χ0) is 18.5. The molecule has 1 atom stereocenters. The van der Waals surface area contributed by atoms with E-state index in [1.54, 1.807) is 23.1 Å². The van der Waals surface area contributed by atoms with Gasteiger partial charge in [-0.25, -0.2) is 0 Å². The summed E-state index contributed by atoms with van der Waals surface area (Å²) >= 11 is 3.39. The van der Waals surface area contributed by atoms with E-state index in [9.17, 15) is 0 Å².